The first-order chi connectivity index (χ1) is 13.6. The minimum atomic E-state index is -0.684. The van der Waals surface area contributed by atoms with Crippen molar-refractivity contribution in [3.05, 3.63) is 42.0 Å². The molecule has 4 heterocycles. The molecule has 1 spiro atoms. The van der Waals surface area contributed by atoms with Crippen LogP contribution in [0.25, 0.3) is 0 Å². The van der Waals surface area contributed by atoms with Gasteiger partial charge in [-0.15, -0.1) is 0 Å². The van der Waals surface area contributed by atoms with Gasteiger partial charge >= 0.3 is 0 Å². The molecule has 1 aromatic carbocycles. The Hall–Kier alpha value is -1.83. The minimum absolute atomic E-state index is 0.0218. The highest BCUT2D eigenvalue weighted by Gasteiger charge is 2.67. The zero-order valence-corrected chi connectivity index (χ0v) is 16.4. The zero-order valence-electron chi connectivity index (χ0n) is 15.6. The predicted molar refractivity (Wildman–Crippen MR) is 107 cm³/mol. The Morgan fingerprint density at radius 3 is 2.71 bits per heavy atom. The number of nitrogens with zero attached hydrogens (tertiary/aromatic N) is 2. The summed E-state index contributed by atoms with van der Waals surface area (Å²) in [5.74, 6) is 1.09. The average molecular weight is 401 g/mol. The smallest absolute Gasteiger partial charge is 0.234 e. The second kappa shape index (κ2) is 6.90. The number of rotatable bonds is 4. The normalized spacial score (nSPS) is 33.6. The van der Waals surface area contributed by atoms with Crippen molar-refractivity contribution in [2.45, 2.75) is 18.1 Å². The number of carbonyl (C=O) groups excluding carboxylic acids is 2. The van der Waals surface area contributed by atoms with Gasteiger partial charge in [0.25, 0.3) is 0 Å². The average Bonchev–Trinajstić information content (AvgIpc) is 3.37. The second-order valence-corrected chi connectivity index (χ2v) is 9.13. The second-order valence-electron chi connectivity index (χ2n) is 7.90. The largest absolute Gasteiger partial charge is 0.396 e. The topological polar surface area (TPSA) is 70.1 Å². The fourth-order valence-corrected chi connectivity index (χ4v) is 5.87. The Labute approximate surface area is 168 Å². The summed E-state index contributed by atoms with van der Waals surface area (Å²) in [6.07, 6.45) is 4.28. The van der Waals surface area contributed by atoms with E-state index in [4.69, 9.17) is 9.84 Å². The molecule has 7 heteroatoms. The van der Waals surface area contributed by atoms with Crippen molar-refractivity contribution in [2.75, 3.05) is 42.6 Å². The number of ether oxygens (including phenoxy) is 1. The lowest BCUT2D eigenvalue weighted by Gasteiger charge is -2.32. The summed E-state index contributed by atoms with van der Waals surface area (Å²) in [5, 5.41) is 9.08. The van der Waals surface area contributed by atoms with E-state index >= 15 is 0 Å². The van der Waals surface area contributed by atoms with Gasteiger partial charge in [0.1, 0.15) is 5.60 Å². The van der Waals surface area contributed by atoms with E-state index in [0.29, 0.717) is 13.0 Å². The van der Waals surface area contributed by atoms with E-state index in [1.165, 1.54) is 0 Å². The Morgan fingerprint density at radius 1 is 1.25 bits per heavy atom. The maximum Gasteiger partial charge on any atom is 0.234 e. The molecule has 1 N–H and O–H groups in total. The SMILES string of the molecule is O=C(C1C2C(=O)N(c3ccc(CCO)cc3)C[C@]23C=C[C@H]1O3)N1CCSCC1. The molecule has 6 nitrogen and oxygen atoms in total. The van der Waals surface area contributed by atoms with Crippen LogP contribution in [0.5, 0.6) is 0 Å². The van der Waals surface area contributed by atoms with Gasteiger partial charge in [-0.05, 0) is 24.1 Å². The van der Waals surface area contributed by atoms with Crippen LogP contribution in [0, 0.1) is 11.8 Å². The number of anilines is 1. The Morgan fingerprint density at radius 2 is 2.00 bits per heavy atom. The van der Waals surface area contributed by atoms with E-state index < -0.39 is 17.4 Å². The number of hydrogen-bond acceptors (Lipinski definition) is 5. The van der Waals surface area contributed by atoms with Crippen molar-refractivity contribution in [2.24, 2.45) is 11.8 Å². The summed E-state index contributed by atoms with van der Waals surface area (Å²) in [6.45, 7) is 2.05. The molecule has 2 unspecified atom stereocenters. The molecule has 3 fully saturated rings. The molecule has 4 aliphatic rings. The van der Waals surface area contributed by atoms with Crippen LogP contribution in [0.2, 0.25) is 0 Å². The first kappa shape index (κ1) is 18.2. The number of fused-ring (bicyclic) bond motifs is 1. The lowest BCUT2D eigenvalue weighted by atomic mass is 9.76. The van der Waals surface area contributed by atoms with Gasteiger partial charge < -0.3 is 19.6 Å². The molecule has 2 bridgehead atoms. The van der Waals surface area contributed by atoms with Crippen molar-refractivity contribution in [1.29, 1.82) is 0 Å². The summed E-state index contributed by atoms with van der Waals surface area (Å²) in [7, 11) is 0. The predicted octanol–water partition coefficient (Wildman–Crippen LogP) is 1.08. The number of aliphatic hydroxyl groups excluding tert-OH is 1. The highest BCUT2D eigenvalue weighted by molar-refractivity contribution is 7.99. The van der Waals surface area contributed by atoms with Gasteiger partial charge in [-0.1, -0.05) is 24.3 Å². The van der Waals surface area contributed by atoms with Crippen LogP contribution >= 0.6 is 11.8 Å². The molecule has 5 rings (SSSR count). The molecule has 3 saturated heterocycles. The van der Waals surface area contributed by atoms with E-state index in [1.807, 2.05) is 53.1 Å². The van der Waals surface area contributed by atoms with Crippen molar-refractivity contribution in [3.8, 4) is 0 Å². The van der Waals surface area contributed by atoms with Crippen molar-refractivity contribution in [3.63, 3.8) is 0 Å². The first-order valence-electron chi connectivity index (χ1n) is 9.88. The van der Waals surface area contributed by atoms with Gasteiger partial charge in [0.05, 0.1) is 24.5 Å². The molecule has 0 radical (unpaired) electrons. The van der Waals surface area contributed by atoms with Crippen molar-refractivity contribution >= 4 is 29.3 Å². The molecular formula is C21H24N2O4S. The summed E-state index contributed by atoms with van der Waals surface area (Å²) < 4.78 is 6.23. The van der Waals surface area contributed by atoms with Crippen LogP contribution in [0.1, 0.15) is 5.56 Å². The molecular weight excluding hydrogens is 376 g/mol. The van der Waals surface area contributed by atoms with E-state index in [2.05, 4.69) is 0 Å². The van der Waals surface area contributed by atoms with Gasteiger partial charge in [-0.2, -0.15) is 11.8 Å². The van der Waals surface area contributed by atoms with Crippen LogP contribution in [0.4, 0.5) is 5.69 Å². The number of carbonyl (C=O) groups is 2. The molecule has 0 aromatic heterocycles. The minimum Gasteiger partial charge on any atom is -0.396 e. The first-order valence-corrected chi connectivity index (χ1v) is 11.0. The maximum atomic E-state index is 13.4. The maximum absolute atomic E-state index is 13.4. The number of hydrogen-bond donors (Lipinski definition) is 1. The summed E-state index contributed by atoms with van der Waals surface area (Å²) in [4.78, 5) is 30.3. The monoisotopic (exact) mass is 400 g/mol. The van der Waals surface area contributed by atoms with E-state index in [1.54, 1.807) is 4.90 Å². The molecule has 0 aliphatic carbocycles. The lowest BCUT2D eigenvalue weighted by molar-refractivity contribution is -0.140. The molecule has 0 saturated carbocycles. The van der Waals surface area contributed by atoms with Crippen LogP contribution in [0.3, 0.4) is 0 Å². The Balaban J connectivity index is 1.41. The number of amides is 2. The summed E-state index contributed by atoms with van der Waals surface area (Å²) in [5.41, 5.74) is 1.16. The van der Waals surface area contributed by atoms with Crippen LogP contribution in [-0.4, -0.2) is 71.3 Å². The molecule has 148 valence electrons. The van der Waals surface area contributed by atoms with E-state index in [-0.39, 0.29) is 24.5 Å². The van der Waals surface area contributed by atoms with E-state index in [0.717, 1.165) is 35.8 Å². The van der Waals surface area contributed by atoms with Crippen molar-refractivity contribution in [1.82, 2.24) is 4.90 Å². The summed E-state index contributed by atoms with van der Waals surface area (Å²) in [6, 6.07) is 7.70. The van der Waals surface area contributed by atoms with Crippen molar-refractivity contribution < 1.29 is 19.4 Å². The number of benzene rings is 1. The Kier molecular flexibility index (Phi) is 4.49. The van der Waals surface area contributed by atoms with Gasteiger partial charge in [-0.25, -0.2) is 0 Å². The van der Waals surface area contributed by atoms with E-state index in [9.17, 15) is 9.59 Å². The van der Waals surface area contributed by atoms with Gasteiger partial charge in [-0.3, -0.25) is 9.59 Å². The fourth-order valence-electron chi connectivity index (χ4n) is 4.96. The standard InChI is InChI=1S/C21H24N2O4S/c24-10-6-14-1-3-15(4-2-14)23-13-21-7-5-16(27-21)17(18(21)20(23)26)19(25)22-8-11-28-12-9-22/h1-5,7,16-18,24H,6,8-13H2/t16-,17?,18?,21-/m1/s1. The molecule has 2 amide bonds. The Bertz CT molecular complexity index is 820. The highest BCUT2D eigenvalue weighted by Crippen LogP contribution is 2.53. The lowest BCUT2D eigenvalue weighted by Crippen LogP contribution is -2.48. The number of aliphatic hydroxyl groups is 1. The molecule has 4 aliphatic heterocycles. The van der Waals surface area contributed by atoms with Gasteiger partial charge in [0.15, 0.2) is 0 Å². The van der Waals surface area contributed by atoms with Crippen LogP contribution < -0.4 is 4.90 Å². The van der Waals surface area contributed by atoms with Crippen LogP contribution in [0.15, 0.2) is 36.4 Å². The molecule has 1 aromatic rings. The van der Waals surface area contributed by atoms with Gasteiger partial charge in [0.2, 0.25) is 11.8 Å². The molecule has 4 atom stereocenters. The zero-order chi connectivity index (χ0) is 19.3. The third-order valence-electron chi connectivity index (χ3n) is 6.36. The fraction of sp³-hybridized carbons (Fsp3) is 0.524. The molecule has 28 heavy (non-hydrogen) atoms. The third kappa shape index (κ3) is 2.71. The quantitative estimate of drug-likeness (QED) is 0.766. The number of thioether (sulfide) groups is 1. The third-order valence-corrected chi connectivity index (χ3v) is 7.30. The highest BCUT2D eigenvalue weighted by atomic mass is 32.2. The summed E-state index contributed by atoms with van der Waals surface area (Å²) >= 11 is 1.86. The van der Waals surface area contributed by atoms with Gasteiger partial charge in [0, 0.05) is 36.9 Å². The van der Waals surface area contributed by atoms with Crippen LogP contribution in [-0.2, 0) is 20.7 Å².